The van der Waals surface area contributed by atoms with Crippen LogP contribution < -0.4 is 5.32 Å². The van der Waals surface area contributed by atoms with E-state index in [1.54, 1.807) is 60.8 Å². The number of carbonyl (C=O) groups is 1. The van der Waals surface area contributed by atoms with E-state index in [-0.39, 0.29) is 22.2 Å². The lowest BCUT2D eigenvalue weighted by Crippen LogP contribution is -2.27. The molecule has 1 amide bonds. The van der Waals surface area contributed by atoms with Crippen molar-refractivity contribution in [1.82, 2.24) is 15.2 Å². The van der Waals surface area contributed by atoms with E-state index in [0.717, 1.165) is 41.5 Å². The first kappa shape index (κ1) is 34.1. The van der Waals surface area contributed by atoms with Gasteiger partial charge in [-0.2, -0.15) is 0 Å². The molecule has 0 aliphatic heterocycles. The van der Waals surface area contributed by atoms with Crippen molar-refractivity contribution in [2.24, 2.45) is 16.3 Å². The molecule has 48 heavy (non-hydrogen) atoms. The van der Waals surface area contributed by atoms with Crippen LogP contribution in [-0.4, -0.2) is 32.2 Å². The minimum Gasteiger partial charge on any atom is -0.322 e. The average molecular weight is 740 g/mol. The van der Waals surface area contributed by atoms with Crippen LogP contribution in [0.5, 0.6) is 0 Å². The molecule has 0 spiro atoms. The molecule has 6 rings (SSSR count). The van der Waals surface area contributed by atoms with E-state index in [0.29, 0.717) is 59.1 Å². The highest BCUT2D eigenvalue weighted by molar-refractivity contribution is 7.99. The number of hydrogen-bond donors (Lipinski definition) is 2. The van der Waals surface area contributed by atoms with E-state index in [4.69, 9.17) is 39.8 Å². The molecule has 3 aromatic carbocycles. The van der Waals surface area contributed by atoms with Crippen molar-refractivity contribution in [2.45, 2.75) is 50.1 Å². The molecular formula is C34H29Cl3N6O3S2. The summed E-state index contributed by atoms with van der Waals surface area (Å²) in [5.41, 5.74) is 3.30. The molecule has 0 saturated heterocycles. The molecular weight excluding hydrogens is 711 g/mol. The first-order valence-electron chi connectivity index (χ1n) is 15.0. The Morgan fingerprint density at radius 3 is 2.56 bits per heavy atom. The van der Waals surface area contributed by atoms with Gasteiger partial charge in [0.15, 0.2) is 5.82 Å². The van der Waals surface area contributed by atoms with E-state index >= 15 is 0 Å². The number of hydrogen-bond acceptors (Lipinski definition) is 8. The normalized spacial score (nSPS) is 14.7. The average Bonchev–Trinajstić information content (AvgIpc) is 3.65. The van der Waals surface area contributed by atoms with E-state index in [1.165, 1.54) is 17.4 Å². The van der Waals surface area contributed by atoms with Crippen LogP contribution in [0.2, 0.25) is 15.1 Å². The fraction of sp³-hybridized carbons (Fsp3) is 0.235. The van der Waals surface area contributed by atoms with Crippen molar-refractivity contribution >= 4 is 86.4 Å². The second-order valence-corrected chi connectivity index (χ2v) is 15.8. The van der Waals surface area contributed by atoms with Gasteiger partial charge in [0.2, 0.25) is 5.16 Å². The number of carbonyl (C=O) groups excluding carboxylic acids is 1. The third-order valence-corrected chi connectivity index (χ3v) is 11.1. The van der Waals surface area contributed by atoms with Gasteiger partial charge in [0.25, 0.3) is 11.6 Å². The maximum Gasteiger partial charge on any atom is 0.283 e. The third kappa shape index (κ3) is 7.61. The first-order chi connectivity index (χ1) is 22.9. The molecule has 1 aliphatic carbocycles. The fourth-order valence-electron chi connectivity index (χ4n) is 5.53. The lowest BCUT2D eigenvalue weighted by atomic mass is 9.72. The quantitative estimate of drug-likeness (QED) is 0.0927. The molecule has 0 unspecified atom stereocenters. The highest BCUT2D eigenvalue weighted by Gasteiger charge is 2.34. The van der Waals surface area contributed by atoms with Crippen LogP contribution in [0, 0.1) is 21.4 Å². The van der Waals surface area contributed by atoms with Gasteiger partial charge in [-0.05, 0) is 102 Å². The van der Waals surface area contributed by atoms with Gasteiger partial charge in [-0.25, -0.2) is 9.98 Å². The van der Waals surface area contributed by atoms with Crippen molar-refractivity contribution in [1.29, 1.82) is 0 Å². The summed E-state index contributed by atoms with van der Waals surface area (Å²) in [5, 5.41) is 24.5. The van der Waals surface area contributed by atoms with Crippen molar-refractivity contribution in [2.75, 3.05) is 5.32 Å². The molecule has 2 aromatic heterocycles. The largest absolute Gasteiger partial charge is 0.322 e. The Hall–Kier alpha value is -3.74. The minimum atomic E-state index is -0.454. The fourth-order valence-corrected chi connectivity index (χ4v) is 8.22. The number of H-pyrrole nitrogens is 1. The number of benzene rings is 3. The zero-order valence-electron chi connectivity index (χ0n) is 26.0. The number of halogens is 3. The predicted octanol–water partition coefficient (Wildman–Crippen LogP) is 10.7. The van der Waals surface area contributed by atoms with Crippen LogP contribution in [0.15, 0.2) is 75.7 Å². The summed E-state index contributed by atoms with van der Waals surface area (Å²) in [6.07, 6.45) is 4.18. The third-order valence-electron chi connectivity index (χ3n) is 8.16. The number of aromatic amines is 1. The molecule has 246 valence electrons. The number of fused-ring (bicyclic) bond motifs is 1. The number of aromatic nitrogens is 3. The maximum absolute atomic E-state index is 13.7. The highest BCUT2D eigenvalue weighted by Crippen LogP contribution is 2.45. The van der Waals surface area contributed by atoms with Gasteiger partial charge in [0, 0.05) is 38.5 Å². The number of aliphatic imine (C=N–C) groups is 1. The number of anilines is 1. The minimum absolute atomic E-state index is 0.126. The molecule has 9 nitrogen and oxygen atoms in total. The van der Waals surface area contributed by atoms with Gasteiger partial charge in [0.05, 0.1) is 20.4 Å². The van der Waals surface area contributed by atoms with Crippen LogP contribution >= 0.6 is 57.9 Å². The summed E-state index contributed by atoms with van der Waals surface area (Å²) >= 11 is 20.9. The SMILES string of the molecule is CC(C)(C)[C@@H]1CCc2c(sc(N=Cc3ccc(Sc4n[nH]c(-c5ccc(Cl)cc5Cl)n4)c([N+](=O)[O-])c3)c2C(=O)Nc2ccc(Cl)cc2)C1. The molecule has 0 radical (unpaired) electrons. The molecule has 1 aliphatic rings. The molecule has 2 heterocycles. The summed E-state index contributed by atoms with van der Waals surface area (Å²) in [5.74, 6) is 0.636. The van der Waals surface area contributed by atoms with Crippen LogP contribution in [-0.2, 0) is 12.8 Å². The monoisotopic (exact) mass is 738 g/mol. The van der Waals surface area contributed by atoms with Gasteiger partial charge in [-0.3, -0.25) is 20.0 Å². The zero-order valence-corrected chi connectivity index (χ0v) is 29.9. The van der Waals surface area contributed by atoms with Gasteiger partial charge >= 0.3 is 0 Å². The Bertz CT molecular complexity index is 2050. The Kier molecular flexibility index (Phi) is 9.96. The van der Waals surface area contributed by atoms with Gasteiger partial charge in [0.1, 0.15) is 5.00 Å². The summed E-state index contributed by atoms with van der Waals surface area (Å²) in [7, 11) is 0. The van der Waals surface area contributed by atoms with E-state index < -0.39 is 4.92 Å². The molecule has 1 atom stereocenters. The Labute approximate surface area is 300 Å². The van der Waals surface area contributed by atoms with Crippen molar-refractivity contribution in [3.8, 4) is 11.4 Å². The summed E-state index contributed by atoms with van der Waals surface area (Å²) in [6, 6.07) is 16.8. The number of rotatable bonds is 8. The van der Waals surface area contributed by atoms with E-state index in [9.17, 15) is 14.9 Å². The maximum atomic E-state index is 13.7. The molecule has 0 saturated carbocycles. The smallest absolute Gasteiger partial charge is 0.283 e. The van der Waals surface area contributed by atoms with Crippen LogP contribution in [0.4, 0.5) is 16.4 Å². The Morgan fingerprint density at radius 2 is 1.85 bits per heavy atom. The number of amides is 1. The van der Waals surface area contributed by atoms with Gasteiger partial charge < -0.3 is 5.32 Å². The standard InChI is InChI=1S/C34H29Cl3N6O3S2/c1-34(2,3)19-5-11-24-28(15-19)47-32(29(24)31(44)39-22-9-6-20(35)7-10-22)38-17-18-4-13-27(26(14-18)43(45)46)48-33-40-30(41-42-33)23-12-8-21(36)16-25(23)37/h4,6-10,12-14,16-17,19H,5,11,15H2,1-3H3,(H,39,44)(H,40,41,42)/t19-/m1/s1. The zero-order chi connectivity index (χ0) is 34.2. The molecule has 2 N–H and O–H groups in total. The van der Waals surface area contributed by atoms with Crippen molar-refractivity contribution in [3.63, 3.8) is 0 Å². The van der Waals surface area contributed by atoms with Crippen molar-refractivity contribution in [3.05, 3.63) is 107 Å². The lowest BCUT2D eigenvalue weighted by Gasteiger charge is -2.33. The summed E-state index contributed by atoms with van der Waals surface area (Å²) in [6.45, 7) is 6.73. The second-order valence-electron chi connectivity index (χ2n) is 12.4. The van der Waals surface area contributed by atoms with E-state index in [1.807, 2.05) is 0 Å². The molecule has 5 aromatic rings. The number of nitro groups is 1. The van der Waals surface area contributed by atoms with Crippen LogP contribution in [0.1, 0.15) is 53.6 Å². The van der Waals surface area contributed by atoms with Gasteiger partial charge in [-0.15, -0.1) is 16.4 Å². The summed E-state index contributed by atoms with van der Waals surface area (Å²) in [4.78, 5) is 36.1. The number of nitrogens with zero attached hydrogens (tertiary/aromatic N) is 4. The Balaban J connectivity index is 1.28. The second kappa shape index (κ2) is 14.0. The number of thiophene rings is 1. The van der Waals surface area contributed by atoms with E-state index in [2.05, 4.69) is 41.3 Å². The summed E-state index contributed by atoms with van der Waals surface area (Å²) < 4.78 is 0. The van der Waals surface area contributed by atoms with Crippen molar-refractivity contribution < 1.29 is 9.72 Å². The number of nitrogens with one attached hydrogen (secondary N) is 2. The van der Waals surface area contributed by atoms with Crippen LogP contribution in [0.25, 0.3) is 11.4 Å². The first-order valence-corrected chi connectivity index (χ1v) is 17.7. The number of nitro benzene ring substituents is 1. The Morgan fingerprint density at radius 1 is 1.10 bits per heavy atom. The molecule has 14 heteroatoms. The lowest BCUT2D eigenvalue weighted by molar-refractivity contribution is -0.387. The highest BCUT2D eigenvalue weighted by atomic mass is 35.5. The topological polar surface area (TPSA) is 126 Å². The molecule has 0 fully saturated rings. The molecule has 0 bridgehead atoms. The predicted molar refractivity (Wildman–Crippen MR) is 195 cm³/mol. The van der Waals surface area contributed by atoms with Gasteiger partial charge in [-0.1, -0.05) is 61.6 Å². The van der Waals surface area contributed by atoms with Crippen LogP contribution in [0.3, 0.4) is 0 Å².